The van der Waals surface area contributed by atoms with Crippen molar-refractivity contribution in [3.05, 3.63) is 63.5 Å². The van der Waals surface area contributed by atoms with Gasteiger partial charge in [0, 0.05) is 50.3 Å². The average molecular weight is 612 g/mol. The molecule has 42 heavy (non-hydrogen) atoms. The van der Waals surface area contributed by atoms with Crippen molar-refractivity contribution in [1.29, 1.82) is 0 Å². The van der Waals surface area contributed by atoms with Gasteiger partial charge in [0.2, 0.25) is 0 Å². The fraction of sp³-hybridized carbons (Fsp3) is 0.515. The molecule has 1 N–H and O–H groups in total. The molecule has 3 aromatic rings. The van der Waals surface area contributed by atoms with Gasteiger partial charge in [0.25, 0.3) is 0 Å². The van der Waals surface area contributed by atoms with E-state index >= 15 is 0 Å². The number of piperidine rings is 1. The van der Waals surface area contributed by atoms with E-state index in [4.69, 9.17) is 26.1 Å². The van der Waals surface area contributed by atoms with Crippen molar-refractivity contribution >= 4 is 34.0 Å². The number of thiazole rings is 1. The molecule has 0 aliphatic carbocycles. The van der Waals surface area contributed by atoms with Gasteiger partial charge in [-0.3, -0.25) is 9.69 Å². The topological polar surface area (TPSA) is 75.1 Å². The van der Waals surface area contributed by atoms with E-state index in [-0.39, 0.29) is 6.10 Å². The molecule has 1 aromatic heterocycles. The molecule has 7 nitrogen and oxygen atoms in total. The molecule has 0 spiro atoms. The largest absolute Gasteiger partial charge is 0.487 e. The first-order valence-electron chi connectivity index (χ1n) is 15.1. The van der Waals surface area contributed by atoms with Crippen LogP contribution in [0.1, 0.15) is 62.6 Å². The summed E-state index contributed by atoms with van der Waals surface area (Å²) in [4.78, 5) is 21.3. The van der Waals surface area contributed by atoms with Crippen LogP contribution >= 0.6 is 22.9 Å². The number of para-hydroxylation sites is 1. The number of halogens is 1. The highest BCUT2D eigenvalue weighted by Crippen LogP contribution is 2.39. The highest BCUT2D eigenvalue weighted by Gasteiger charge is 2.35. The molecular weight excluding hydrogens is 570 g/mol. The van der Waals surface area contributed by atoms with Crippen molar-refractivity contribution in [1.82, 2.24) is 9.88 Å². The minimum atomic E-state index is -0.811. The number of carboxylic acids is 1. The Hall–Kier alpha value is -2.65. The third-order valence-corrected chi connectivity index (χ3v) is 10.1. The quantitative estimate of drug-likeness (QED) is 0.262. The number of hydrogen-bond donors (Lipinski definition) is 1. The Balaban J connectivity index is 1.31. The first-order valence-corrected chi connectivity index (χ1v) is 16.3. The molecule has 0 bridgehead atoms. The van der Waals surface area contributed by atoms with Crippen LogP contribution in [0.25, 0.3) is 11.3 Å². The number of anilines is 1. The standard InChI is InChI=1S/C33H42ClN3O4S/c1-5-24(6-2)36-14-12-23-11-10-22(16-27(23)21(3)17-36)19-41-31-25(8-7-9-28(31)34)29-20-42-33(35-29)37-15-13-26(32(38)39)30(18-37)40-4/h7-11,16,20-21,24,26,30H,5-6,12-15,17-19H2,1-4H3,(H,38,39)/t21-,26?,30?/m1/s1. The van der Waals surface area contributed by atoms with Gasteiger partial charge in [-0.05, 0) is 60.4 Å². The zero-order valence-corrected chi connectivity index (χ0v) is 26.6. The molecule has 2 unspecified atom stereocenters. The summed E-state index contributed by atoms with van der Waals surface area (Å²) in [5.74, 6) is -0.225. The molecule has 5 rings (SSSR count). The van der Waals surface area contributed by atoms with Crippen LogP contribution in [0.4, 0.5) is 5.13 Å². The molecule has 3 atom stereocenters. The van der Waals surface area contributed by atoms with Gasteiger partial charge in [-0.15, -0.1) is 11.3 Å². The van der Waals surface area contributed by atoms with E-state index in [1.165, 1.54) is 35.3 Å². The van der Waals surface area contributed by atoms with E-state index in [1.54, 1.807) is 7.11 Å². The number of methoxy groups -OCH3 is 1. The maximum atomic E-state index is 11.6. The Kier molecular flexibility index (Phi) is 10.1. The highest BCUT2D eigenvalue weighted by molar-refractivity contribution is 7.14. The van der Waals surface area contributed by atoms with E-state index < -0.39 is 11.9 Å². The number of carbonyl (C=O) groups is 1. The third-order valence-electron chi connectivity index (χ3n) is 8.94. The van der Waals surface area contributed by atoms with Gasteiger partial charge in [-0.1, -0.05) is 56.6 Å². The van der Waals surface area contributed by atoms with Crippen LogP contribution in [0.5, 0.6) is 5.75 Å². The number of rotatable bonds is 10. The van der Waals surface area contributed by atoms with Crippen LogP contribution in [0.15, 0.2) is 41.8 Å². The first-order chi connectivity index (χ1) is 20.3. The van der Waals surface area contributed by atoms with Crippen molar-refractivity contribution in [3.63, 3.8) is 0 Å². The van der Waals surface area contributed by atoms with Gasteiger partial charge >= 0.3 is 5.97 Å². The lowest BCUT2D eigenvalue weighted by Crippen LogP contribution is -2.47. The summed E-state index contributed by atoms with van der Waals surface area (Å²) >= 11 is 8.21. The normalized spacial score (nSPS) is 21.3. The molecule has 2 aliphatic rings. The van der Waals surface area contributed by atoms with Gasteiger partial charge in [0.05, 0.1) is 22.7 Å². The fourth-order valence-electron chi connectivity index (χ4n) is 6.52. The van der Waals surface area contributed by atoms with Gasteiger partial charge in [-0.2, -0.15) is 0 Å². The van der Waals surface area contributed by atoms with Gasteiger partial charge in [0.1, 0.15) is 12.4 Å². The van der Waals surface area contributed by atoms with Gasteiger partial charge < -0.3 is 19.5 Å². The Labute approximate surface area is 258 Å². The molecule has 226 valence electrons. The lowest BCUT2D eigenvalue weighted by Gasteiger charge is -2.35. The molecule has 1 fully saturated rings. The molecule has 0 saturated carbocycles. The second kappa shape index (κ2) is 13.8. The molecule has 9 heteroatoms. The predicted molar refractivity (Wildman–Crippen MR) is 170 cm³/mol. The number of aromatic nitrogens is 1. The summed E-state index contributed by atoms with van der Waals surface area (Å²) in [5.41, 5.74) is 5.63. The number of hydrogen-bond acceptors (Lipinski definition) is 7. The van der Waals surface area contributed by atoms with Crippen LogP contribution in [-0.4, -0.2) is 66.4 Å². The number of fused-ring (bicyclic) bond motifs is 1. The minimum absolute atomic E-state index is 0.375. The summed E-state index contributed by atoms with van der Waals surface area (Å²) in [7, 11) is 1.57. The SMILES string of the molecule is CCC(CC)N1CCc2ccc(COc3c(Cl)cccc3-c3csc(N4CCC(C(=O)O)C(OC)C4)n3)cc2[C@H](C)C1. The molecule has 0 amide bonds. The van der Waals surface area contributed by atoms with Gasteiger partial charge in [0.15, 0.2) is 5.13 Å². The number of aliphatic carboxylic acids is 1. The summed E-state index contributed by atoms with van der Waals surface area (Å²) < 4.78 is 11.9. The van der Waals surface area contributed by atoms with E-state index in [9.17, 15) is 9.90 Å². The van der Waals surface area contributed by atoms with Crippen molar-refractivity contribution in [2.75, 3.05) is 38.2 Å². The Bertz CT molecular complexity index is 1380. The van der Waals surface area contributed by atoms with Crippen molar-refractivity contribution < 1.29 is 19.4 Å². The summed E-state index contributed by atoms with van der Waals surface area (Å²) in [6, 6.07) is 13.2. The smallest absolute Gasteiger partial charge is 0.309 e. The van der Waals surface area contributed by atoms with Gasteiger partial charge in [-0.25, -0.2) is 4.98 Å². The van der Waals surface area contributed by atoms with Crippen molar-refractivity contribution in [2.45, 2.75) is 71.1 Å². The third kappa shape index (κ3) is 6.62. The fourth-order valence-corrected chi connectivity index (χ4v) is 7.61. The van der Waals surface area contributed by atoms with Crippen molar-refractivity contribution in [2.24, 2.45) is 5.92 Å². The van der Waals surface area contributed by atoms with E-state index in [0.717, 1.165) is 41.5 Å². The Morgan fingerprint density at radius 1 is 1.19 bits per heavy atom. The summed E-state index contributed by atoms with van der Waals surface area (Å²) in [5, 5.41) is 12.9. The van der Waals surface area contributed by atoms with E-state index in [0.29, 0.717) is 48.8 Å². The molecule has 2 aromatic carbocycles. The number of carboxylic acid groups (broad SMARTS) is 1. The highest BCUT2D eigenvalue weighted by atomic mass is 35.5. The molecule has 1 saturated heterocycles. The summed E-state index contributed by atoms with van der Waals surface area (Å²) in [6.07, 6.45) is 3.60. The molecule has 3 heterocycles. The van der Waals surface area contributed by atoms with E-state index in [2.05, 4.69) is 48.8 Å². The van der Waals surface area contributed by atoms with Crippen LogP contribution < -0.4 is 9.64 Å². The van der Waals surface area contributed by atoms with E-state index in [1.807, 2.05) is 23.6 Å². The average Bonchev–Trinajstić information content (AvgIpc) is 3.43. The monoisotopic (exact) mass is 611 g/mol. The number of ether oxygens (including phenoxy) is 2. The lowest BCUT2D eigenvalue weighted by molar-refractivity contribution is -0.147. The number of nitrogens with zero attached hydrogens (tertiary/aromatic N) is 3. The van der Waals surface area contributed by atoms with Crippen LogP contribution in [0, 0.1) is 5.92 Å². The Morgan fingerprint density at radius 2 is 2.00 bits per heavy atom. The maximum Gasteiger partial charge on any atom is 0.309 e. The molecular formula is C33H42ClN3O4S. The van der Waals surface area contributed by atoms with Crippen LogP contribution in [0.3, 0.4) is 0 Å². The summed E-state index contributed by atoms with van der Waals surface area (Å²) in [6.45, 7) is 10.7. The van der Waals surface area contributed by atoms with Crippen molar-refractivity contribution in [3.8, 4) is 17.0 Å². The zero-order valence-electron chi connectivity index (χ0n) is 25.0. The minimum Gasteiger partial charge on any atom is -0.487 e. The molecule has 2 aliphatic heterocycles. The number of benzene rings is 2. The van der Waals surface area contributed by atoms with Crippen LogP contribution in [-0.2, 0) is 22.6 Å². The second-order valence-corrected chi connectivity index (χ2v) is 12.8. The predicted octanol–water partition coefficient (Wildman–Crippen LogP) is 7.12. The second-order valence-electron chi connectivity index (χ2n) is 11.5. The maximum absolute atomic E-state index is 11.6. The zero-order chi connectivity index (χ0) is 29.8. The first kappa shape index (κ1) is 30.8. The molecule has 0 radical (unpaired) electrons. The van der Waals surface area contributed by atoms with Crippen LogP contribution in [0.2, 0.25) is 5.02 Å². The Morgan fingerprint density at radius 3 is 2.74 bits per heavy atom. The lowest BCUT2D eigenvalue weighted by atomic mass is 9.93.